The van der Waals surface area contributed by atoms with E-state index in [4.69, 9.17) is 14.2 Å². The number of anilines is 1. The molecule has 0 fully saturated rings. The smallest absolute Gasteiger partial charge is 0.341 e. The molecule has 192 valence electrons. The Kier molecular flexibility index (Phi) is 8.58. The summed E-state index contributed by atoms with van der Waals surface area (Å²) in [4.78, 5) is 39.4. The lowest BCUT2D eigenvalue weighted by molar-refractivity contribution is -0.113. The first-order chi connectivity index (χ1) is 17.1. The van der Waals surface area contributed by atoms with Crippen molar-refractivity contribution < 1.29 is 28.6 Å². The number of carbonyl (C=O) groups is 3. The molecule has 3 aromatic rings. The highest BCUT2D eigenvalue weighted by Crippen LogP contribution is 2.35. The standard InChI is InChI=1S/C23H27N5O6S2/c1-12-17(22(31)34-7)20(36-18(12)21(30)27(2)3)24-16(29)11-35-23-26-25-19(28(23)4)13-8-9-14(32-5)15(10-13)33-6/h8-10H,11H2,1-7H3,(H,24,29). The summed E-state index contributed by atoms with van der Waals surface area (Å²) in [5.41, 5.74) is 1.40. The molecule has 0 bridgehead atoms. The van der Waals surface area contributed by atoms with Gasteiger partial charge in [-0.15, -0.1) is 21.5 Å². The van der Waals surface area contributed by atoms with Gasteiger partial charge in [-0.1, -0.05) is 11.8 Å². The van der Waals surface area contributed by atoms with E-state index in [-0.39, 0.29) is 28.1 Å². The molecular formula is C23H27N5O6S2. The number of esters is 1. The van der Waals surface area contributed by atoms with Crippen LogP contribution < -0.4 is 14.8 Å². The Morgan fingerprint density at radius 2 is 1.81 bits per heavy atom. The second kappa shape index (κ2) is 11.4. The van der Waals surface area contributed by atoms with Gasteiger partial charge in [-0.05, 0) is 30.7 Å². The molecule has 13 heteroatoms. The molecule has 2 aromatic heterocycles. The highest BCUT2D eigenvalue weighted by Gasteiger charge is 2.27. The van der Waals surface area contributed by atoms with Gasteiger partial charge in [0.15, 0.2) is 22.5 Å². The van der Waals surface area contributed by atoms with Gasteiger partial charge in [0, 0.05) is 26.7 Å². The first kappa shape index (κ1) is 27.0. The number of methoxy groups -OCH3 is 3. The number of amides is 2. The molecule has 3 rings (SSSR count). The zero-order chi connectivity index (χ0) is 26.6. The maximum Gasteiger partial charge on any atom is 0.341 e. The quantitative estimate of drug-likeness (QED) is 0.326. The summed E-state index contributed by atoms with van der Waals surface area (Å²) < 4.78 is 17.3. The molecule has 0 atom stereocenters. The van der Waals surface area contributed by atoms with Crippen LogP contribution in [0.1, 0.15) is 25.6 Å². The normalized spacial score (nSPS) is 10.6. The van der Waals surface area contributed by atoms with Crippen molar-refractivity contribution in [2.45, 2.75) is 12.1 Å². The van der Waals surface area contributed by atoms with Gasteiger partial charge in [0.25, 0.3) is 5.91 Å². The highest BCUT2D eigenvalue weighted by molar-refractivity contribution is 7.99. The van der Waals surface area contributed by atoms with Crippen LogP contribution in [0.3, 0.4) is 0 Å². The summed E-state index contributed by atoms with van der Waals surface area (Å²) in [5, 5.41) is 12.0. The van der Waals surface area contributed by atoms with Crippen LogP contribution in [0.4, 0.5) is 5.00 Å². The lowest BCUT2D eigenvalue weighted by Crippen LogP contribution is -2.21. The van der Waals surface area contributed by atoms with E-state index in [2.05, 4.69) is 15.5 Å². The monoisotopic (exact) mass is 533 g/mol. The van der Waals surface area contributed by atoms with Crippen molar-refractivity contribution in [3.8, 4) is 22.9 Å². The van der Waals surface area contributed by atoms with Gasteiger partial charge in [0.05, 0.1) is 37.5 Å². The fourth-order valence-corrected chi connectivity index (χ4v) is 5.26. The summed E-state index contributed by atoms with van der Waals surface area (Å²) in [5.74, 6) is 0.494. The molecule has 1 N–H and O–H groups in total. The molecule has 0 aliphatic rings. The van der Waals surface area contributed by atoms with Crippen LogP contribution in [0.5, 0.6) is 11.5 Å². The number of nitrogens with zero attached hydrogens (tertiary/aromatic N) is 4. The van der Waals surface area contributed by atoms with Gasteiger partial charge >= 0.3 is 5.97 Å². The van der Waals surface area contributed by atoms with Crippen molar-refractivity contribution in [2.75, 3.05) is 46.5 Å². The van der Waals surface area contributed by atoms with E-state index in [0.29, 0.717) is 32.9 Å². The minimum absolute atomic E-state index is 0.00638. The van der Waals surface area contributed by atoms with Crippen molar-refractivity contribution in [3.05, 3.63) is 34.2 Å². The van der Waals surface area contributed by atoms with Crippen LogP contribution in [0.2, 0.25) is 0 Å². The van der Waals surface area contributed by atoms with Gasteiger partial charge in [-0.2, -0.15) is 0 Å². The average Bonchev–Trinajstić information content (AvgIpc) is 3.39. The minimum Gasteiger partial charge on any atom is -0.493 e. The first-order valence-electron chi connectivity index (χ1n) is 10.6. The molecule has 2 heterocycles. The summed E-state index contributed by atoms with van der Waals surface area (Å²) in [6, 6.07) is 5.41. The van der Waals surface area contributed by atoms with Crippen LogP contribution >= 0.6 is 23.1 Å². The van der Waals surface area contributed by atoms with Crippen LogP contribution in [0, 0.1) is 6.92 Å². The van der Waals surface area contributed by atoms with Crippen molar-refractivity contribution in [1.29, 1.82) is 0 Å². The number of nitrogens with one attached hydrogen (secondary N) is 1. The summed E-state index contributed by atoms with van der Waals surface area (Å²) >= 11 is 2.22. The van der Waals surface area contributed by atoms with E-state index >= 15 is 0 Å². The third-order valence-electron chi connectivity index (χ3n) is 5.20. The summed E-state index contributed by atoms with van der Waals surface area (Å²) in [6.07, 6.45) is 0. The van der Waals surface area contributed by atoms with Crippen molar-refractivity contribution >= 4 is 45.9 Å². The molecular weight excluding hydrogens is 506 g/mol. The number of rotatable bonds is 9. The largest absolute Gasteiger partial charge is 0.493 e. The van der Waals surface area contributed by atoms with E-state index in [1.807, 2.05) is 6.07 Å². The maximum absolute atomic E-state index is 12.8. The molecule has 2 amide bonds. The Hall–Kier alpha value is -3.58. The topological polar surface area (TPSA) is 125 Å². The SMILES string of the molecule is COC(=O)c1c(NC(=O)CSc2nnc(-c3ccc(OC)c(OC)c3)n2C)sc(C(=O)N(C)C)c1C. The molecule has 36 heavy (non-hydrogen) atoms. The third kappa shape index (κ3) is 5.46. The van der Waals surface area contributed by atoms with Gasteiger partial charge in [-0.25, -0.2) is 4.79 Å². The number of hydrogen-bond donors (Lipinski definition) is 1. The molecule has 0 saturated carbocycles. The third-order valence-corrected chi connectivity index (χ3v) is 7.41. The Balaban J connectivity index is 1.77. The lowest BCUT2D eigenvalue weighted by Gasteiger charge is -2.09. The lowest BCUT2D eigenvalue weighted by atomic mass is 10.1. The van der Waals surface area contributed by atoms with Crippen LogP contribution in [0.25, 0.3) is 11.4 Å². The van der Waals surface area contributed by atoms with Crippen LogP contribution in [0.15, 0.2) is 23.4 Å². The number of benzene rings is 1. The van der Waals surface area contributed by atoms with E-state index in [1.54, 1.807) is 59.0 Å². The molecule has 0 radical (unpaired) electrons. The predicted octanol–water partition coefficient (Wildman–Crippen LogP) is 3.09. The average molecular weight is 534 g/mol. The first-order valence-corrected chi connectivity index (χ1v) is 12.4. The van der Waals surface area contributed by atoms with Gasteiger partial charge in [-0.3, -0.25) is 9.59 Å². The molecule has 1 aromatic carbocycles. The summed E-state index contributed by atoms with van der Waals surface area (Å²) in [6.45, 7) is 1.65. The van der Waals surface area contributed by atoms with E-state index in [9.17, 15) is 14.4 Å². The van der Waals surface area contributed by atoms with Gasteiger partial charge in [0.1, 0.15) is 5.00 Å². The van der Waals surface area contributed by atoms with Crippen LogP contribution in [-0.2, 0) is 16.6 Å². The molecule has 0 spiro atoms. The molecule has 0 aliphatic carbocycles. The van der Waals surface area contributed by atoms with Gasteiger partial charge in [0.2, 0.25) is 5.91 Å². The second-order valence-corrected chi connectivity index (χ2v) is 9.69. The number of hydrogen-bond acceptors (Lipinski definition) is 10. The number of thioether (sulfide) groups is 1. The van der Waals surface area contributed by atoms with Crippen molar-refractivity contribution in [1.82, 2.24) is 19.7 Å². The molecule has 11 nitrogen and oxygen atoms in total. The fourth-order valence-electron chi connectivity index (χ4n) is 3.32. The van der Waals surface area contributed by atoms with E-state index < -0.39 is 5.97 Å². The zero-order valence-electron chi connectivity index (χ0n) is 21.0. The fraction of sp³-hybridized carbons (Fsp3) is 0.348. The summed E-state index contributed by atoms with van der Waals surface area (Å²) in [7, 11) is 9.39. The Morgan fingerprint density at radius 3 is 2.42 bits per heavy atom. The molecule has 0 unspecified atom stereocenters. The number of ether oxygens (including phenoxy) is 3. The predicted molar refractivity (Wildman–Crippen MR) is 137 cm³/mol. The van der Waals surface area contributed by atoms with E-state index in [1.165, 1.54) is 23.8 Å². The Labute approximate surface area is 216 Å². The zero-order valence-corrected chi connectivity index (χ0v) is 22.6. The second-order valence-electron chi connectivity index (χ2n) is 7.72. The van der Waals surface area contributed by atoms with Crippen LogP contribution in [-0.4, -0.2) is 78.6 Å². The maximum atomic E-state index is 12.8. The number of carbonyl (C=O) groups excluding carboxylic acids is 3. The van der Waals surface area contributed by atoms with Crippen molar-refractivity contribution in [2.24, 2.45) is 7.05 Å². The van der Waals surface area contributed by atoms with E-state index in [0.717, 1.165) is 16.9 Å². The number of aromatic nitrogens is 3. The number of thiophene rings is 1. The molecule has 0 aliphatic heterocycles. The Morgan fingerprint density at radius 1 is 1.11 bits per heavy atom. The van der Waals surface area contributed by atoms with Gasteiger partial charge < -0.3 is 29.0 Å². The molecule has 0 saturated heterocycles. The minimum atomic E-state index is -0.627. The Bertz CT molecular complexity index is 1300. The highest BCUT2D eigenvalue weighted by atomic mass is 32.2. The van der Waals surface area contributed by atoms with Crippen molar-refractivity contribution in [3.63, 3.8) is 0 Å².